The van der Waals surface area contributed by atoms with Gasteiger partial charge in [0.1, 0.15) is 13.2 Å². The number of unbranched alkanes of at least 4 members (excludes halogenated alkanes) is 14. The number of allylic oxidation sites excluding steroid dienone is 13. The topological polar surface area (TPSA) is 105 Å². The minimum Gasteiger partial charge on any atom is -0.387 e. The second kappa shape index (κ2) is 39.2. The molecular formula is C48H86N2O6P+. The highest BCUT2D eigenvalue weighted by Gasteiger charge is 2.27. The molecule has 57 heavy (non-hydrogen) atoms. The Labute approximate surface area is 350 Å². The molecule has 3 unspecified atom stereocenters. The van der Waals surface area contributed by atoms with Crippen LogP contribution in [0.2, 0.25) is 0 Å². The van der Waals surface area contributed by atoms with Crippen LogP contribution in [0.5, 0.6) is 0 Å². The lowest BCUT2D eigenvalue weighted by Gasteiger charge is -2.25. The summed E-state index contributed by atoms with van der Waals surface area (Å²) >= 11 is 0. The molecule has 8 nitrogen and oxygen atoms in total. The van der Waals surface area contributed by atoms with E-state index < -0.39 is 20.0 Å². The number of hydrogen-bond donors (Lipinski definition) is 3. The minimum atomic E-state index is -4.37. The Kier molecular flexibility index (Phi) is 37.6. The van der Waals surface area contributed by atoms with Crippen molar-refractivity contribution in [2.45, 2.75) is 174 Å². The standard InChI is InChI=1S/C48H85N2O6P/c1-6-8-10-12-14-16-18-20-22-24-26-27-29-31-33-35-37-39-41-47(51)46(45-56-57(53,54)55-44-43-50(3,4)5)49-48(52)42-40-38-36-34-32-30-28-25-23-21-19-17-15-13-11-9-7-2/h9,11,15,17,21,23,28,30-31,33-34,36,39,41,46-47,51H,6-8,10,12-14,16,18-20,22,24-27,29,32,35,37-38,40,42-45H2,1-5H3,(H-,49,52,53,54)/p+1/b11-9-,17-15-,23-21-,30-28-,33-31+,36-34-,41-39+. The first-order valence-corrected chi connectivity index (χ1v) is 24.0. The lowest BCUT2D eigenvalue weighted by Crippen LogP contribution is -2.45. The number of phosphoric acid groups is 1. The van der Waals surface area contributed by atoms with Gasteiger partial charge >= 0.3 is 7.82 Å². The zero-order valence-corrected chi connectivity index (χ0v) is 37.9. The quantitative estimate of drug-likeness (QED) is 0.0247. The average molecular weight is 818 g/mol. The van der Waals surface area contributed by atoms with Crippen molar-refractivity contribution in [3.05, 3.63) is 85.1 Å². The van der Waals surface area contributed by atoms with Gasteiger partial charge in [-0.1, -0.05) is 170 Å². The summed E-state index contributed by atoms with van der Waals surface area (Å²) in [6.07, 6.45) is 53.8. The number of carbonyl (C=O) groups is 1. The third kappa shape index (κ3) is 41.6. The van der Waals surface area contributed by atoms with E-state index in [-0.39, 0.29) is 25.5 Å². The van der Waals surface area contributed by atoms with E-state index in [1.165, 1.54) is 77.0 Å². The third-order valence-corrected chi connectivity index (χ3v) is 10.3. The summed E-state index contributed by atoms with van der Waals surface area (Å²) < 4.78 is 23.5. The second-order valence-corrected chi connectivity index (χ2v) is 17.5. The lowest BCUT2D eigenvalue weighted by molar-refractivity contribution is -0.870. The van der Waals surface area contributed by atoms with Crippen LogP contribution in [0.1, 0.15) is 162 Å². The summed E-state index contributed by atoms with van der Waals surface area (Å²) in [5.41, 5.74) is 0. The molecule has 0 heterocycles. The van der Waals surface area contributed by atoms with Crippen molar-refractivity contribution in [3.63, 3.8) is 0 Å². The Morgan fingerprint density at radius 2 is 1.07 bits per heavy atom. The molecule has 1 amide bonds. The van der Waals surface area contributed by atoms with Crippen molar-refractivity contribution < 1.29 is 32.9 Å². The number of hydrogen-bond acceptors (Lipinski definition) is 5. The SMILES string of the molecule is CC/C=C\C/C=C\C/C=C\C/C=C\C/C=C\CCCC(=O)NC(COP(=O)(O)OCC[N+](C)(C)C)C(O)/C=C/CC/C=C/CCCCCCCCCCCCCC. The molecule has 0 spiro atoms. The van der Waals surface area contributed by atoms with E-state index in [4.69, 9.17) is 9.05 Å². The van der Waals surface area contributed by atoms with Crippen LogP contribution in [0.3, 0.4) is 0 Å². The Hall–Kier alpha value is -2.32. The van der Waals surface area contributed by atoms with E-state index in [1.807, 2.05) is 27.2 Å². The van der Waals surface area contributed by atoms with Crippen molar-refractivity contribution in [2.24, 2.45) is 0 Å². The maximum atomic E-state index is 12.8. The molecule has 0 aliphatic carbocycles. The molecule has 3 N–H and O–H groups in total. The number of phosphoric ester groups is 1. The molecular weight excluding hydrogens is 732 g/mol. The van der Waals surface area contributed by atoms with Crippen LogP contribution in [0.25, 0.3) is 0 Å². The normalized spacial score (nSPS) is 15.1. The van der Waals surface area contributed by atoms with E-state index in [9.17, 15) is 19.4 Å². The number of quaternary nitrogens is 1. The number of nitrogens with one attached hydrogen (secondary N) is 1. The maximum Gasteiger partial charge on any atom is 0.472 e. The summed E-state index contributed by atoms with van der Waals surface area (Å²) in [5, 5.41) is 13.8. The Balaban J connectivity index is 4.59. The predicted molar refractivity (Wildman–Crippen MR) is 244 cm³/mol. The number of aliphatic hydroxyl groups excluding tert-OH is 1. The zero-order valence-electron chi connectivity index (χ0n) is 37.0. The average Bonchev–Trinajstić information content (AvgIpc) is 3.16. The lowest BCUT2D eigenvalue weighted by atomic mass is 10.0. The second-order valence-electron chi connectivity index (χ2n) is 16.0. The Bertz CT molecular complexity index is 1200. The van der Waals surface area contributed by atoms with Gasteiger partial charge in [-0.15, -0.1) is 0 Å². The van der Waals surface area contributed by atoms with Gasteiger partial charge in [-0.2, -0.15) is 0 Å². The van der Waals surface area contributed by atoms with Gasteiger partial charge in [-0.3, -0.25) is 13.8 Å². The van der Waals surface area contributed by atoms with Crippen LogP contribution in [0, 0.1) is 0 Å². The molecule has 0 aliphatic heterocycles. The summed E-state index contributed by atoms with van der Waals surface area (Å²) in [4.78, 5) is 23.1. The first kappa shape index (κ1) is 54.7. The van der Waals surface area contributed by atoms with Gasteiger partial charge in [0, 0.05) is 6.42 Å². The summed E-state index contributed by atoms with van der Waals surface area (Å²) in [6.45, 7) is 4.61. The molecule has 0 bridgehead atoms. The molecule has 0 saturated heterocycles. The number of rotatable bonds is 39. The summed E-state index contributed by atoms with van der Waals surface area (Å²) in [5.74, 6) is -0.247. The van der Waals surface area contributed by atoms with Crippen LogP contribution in [-0.4, -0.2) is 73.4 Å². The molecule has 0 aliphatic rings. The van der Waals surface area contributed by atoms with Gasteiger partial charge in [0.15, 0.2) is 0 Å². The van der Waals surface area contributed by atoms with Crippen molar-refractivity contribution in [3.8, 4) is 0 Å². The monoisotopic (exact) mass is 818 g/mol. The van der Waals surface area contributed by atoms with E-state index in [1.54, 1.807) is 6.08 Å². The predicted octanol–water partition coefficient (Wildman–Crippen LogP) is 12.6. The van der Waals surface area contributed by atoms with Crippen LogP contribution in [0.4, 0.5) is 0 Å². The highest BCUT2D eigenvalue weighted by Crippen LogP contribution is 2.43. The van der Waals surface area contributed by atoms with Gasteiger partial charge in [0.05, 0.1) is 39.9 Å². The third-order valence-electron chi connectivity index (χ3n) is 9.35. The Morgan fingerprint density at radius 1 is 0.614 bits per heavy atom. The number of aliphatic hydroxyl groups is 1. The number of amides is 1. The molecule has 9 heteroatoms. The number of likely N-dealkylation sites (N-methyl/N-ethyl adjacent to an activating group) is 1. The molecule has 0 fully saturated rings. The van der Waals surface area contributed by atoms with E-state index >= 15 is 0 Å². The van der Waals surface area contributed by atoms with Crippen molar-refractivity contribution in [2.75, 3.05) is 40.9 Å². The molecule has 328 valence electrons. The van der Waals surface area contributed by atoms with Crippen molar-refractivity contribution in [1.29, 1.82) is 0 Å². The van der Waals surface area contributed by atoms with Gasteiger partial charge in [0.25, 0.3) is 0 Å². The summed E-state index contributed by atoms with van der Waals surface area (Å²) in [6, 6.07) is -0.897. The fraction of sp³-hybridized carbons (Fsp3) is 0.688. The van der Waals surface area contributed by atoms with E-state index in [0.29, 0.717) is 17.4 Å². The number of carbonyl (C=O) groups excluding carboxylic acids is 1. The highest BCUT2D eigenvalue weighted by molar-refractivity contribution is 7.47. The first-order chi connectivity index (χ1) is 27.5. The first-order valence-electron chi connectivity index (χ1n) is 22.5. The van der Waals surface area contributed by atoms with Crippen molar-refractivity contribution in [1.82, 2.24) is 5.32 Å². The van der Waals surface area contributed by atoms with Gasteiger partial charge < -0.3 is 19.8 Å². The molecule has 0 radical (unpaired) electrons. The zero-order chi connectivity index (χ0) is 42.1. The van der Waals surface area contributed by atoms with Gasteiger partial charge in [-0.05, 0) is 70.6 Å². The number of nitrogens with zero attached hydrogens (tertiary/aromatic N) is 1. The van der Waals surface area contributed by atoms with Crippen LogP contribution in [0.15, 0.2) is 85.1 Å². The molecule has 0 saturated carbocycles. The van der Waals surface area contributed by atoms with Crippen LogP contribution >= 0.6 is 7.82 Å². The molecule has 0 rings (SSSR count). The maximum absolute atomic E-state index is 12.8. The molecule has 0 aromatic heterocycles. The largest absolute Gasteiger partial charge is 0.472 e. The van der Waals surface area contributed by atoms with E-state index in [2.05, 4.69) is 92.1 Å². The Morgan fingerprint density at radius 3 is 1.61 bits per heavy atom. The summed E-state index contributed by atoms with van der Waals surface area (Å²) in [7, 11) is 1.50. The van der Waals surface area contributed by atoms with Crippen LogP contribution in [-0.2, 0) is 18.4 Å². The smallest absolute Gasteiger partial charge is 0.387 e. The van der Waals surface area contributed by atoms with Gasteiger partial charge in [-0.25, -0.2) is 4.57 Å². The molecule has 0 aromatic rings. The fourth-order valence-corrected chi connectivity index (χ4v) is 6.53. The van der Waals surface area contributed by atoms with E-state index in [0.717, 1.165) is 57.8 Å². The van der Waals surface area contributed by atoms with Crippen molar-refractivity contribution >= 4 is 13.7 Å². The van der Waals surface area contributed by atoms with Crippen LogP contribution < -0.4 is 5.32 Å². The molecule has 3 atom stereocenters. The highest BCUT2D eigenvalue weighted by atomic mass is 31.2. The van der Waals surface area contributed by atoms with Gasteiger partial charge in [0.2, 0.25) is 5.91 Å². The molecule has 0 aromatic carbocycles. The minimum absolute atomic E-state index is 0.0411. The fourth-order valence-electron chi connectivity index (χ4n) is 5.80.